The second-order valence-electron chi connectivity index (χ2n) is 13.5. The molecule has 0 radical (unpaired) electrons. The molecule has 2 aliphatic heterocycles. The van der Waals surface area contributed by atoms with E-state index in [1.165, 1.54) is 32.6 Å². The number of halogens is 1. The first kappa shape index (κ1) is 38.2. The van der Waals surface area contributed by atoms with Gasteiger partial charge in [0.05, 0.1) is 31.2 Å². The SMILES string of the molecule is CCCc1ccccc1.CNC(=O)CNC(=O)C1CN(C(=O)c2c[nH]c3cc(Cl)ccc23)CC2CN(C(=O)c3ccc(OC(C)C)c(OC)c3)CC21. The highest BCUT2D eigenvalue weighted by Gasteiger charge is 2.48. The molecule has 0 spiro atoms. The summed E-state index contributed by atoms with van der Waals surface area (Å²) in [5.74, 6) is -0.995. The molecule has 52 heavy (non-hydrogen) atoms. The first-order valence-corrected chi connectivity index (χ1v) is 18.1. The number of likely N-dealkylation sites (tertiary alicyclic amines) is 2. The molecular formula is C40H48ClN5O6. The van der Waals surface area contributed by atoms with E-state index in [1.54, 1.807) is 52.4 Å². The maximum atomic E-state index is 13.8. The summed E-state index contributed by atoms with van der Waals surface area (Å²) in [5, 5.41) is 6.50. The zero-order valence-corrected chi connectivity index (χ0v) is 31.2. The first-order valence-electron chi connectivity index (χ1n) is 17.7. The van der Waals surface area contributed by atoms with Crippen molar-refractivity contribution in [3.05, 3.63) is 94.6 Å². The molecule has 3 unspecified atom stereocenters. The monoisotopic (exact) mass is 729 g/mol. The summed E-state index contributed by atoms with van der Waals surface area (Å²) in [6.45, 7) is 7.13. The quantitative estimate of drug-likeness (QED) is 0.195. The number of rotatable bonds is 10. The Morgan fingerprint density at radius 1 is 0.923 bits per heavy atom. The molecule has 2 aliphatic rings. The van der Waals surface area contributed by atoms with Crippen molar-refractivity contribution in [3.63, 3.8) is 0 Å². The number of carbonyl (C=O) groups is 4. The van der Waals surface area contributed by atoms with Crippen LogP contribution in [0.2, 0.25) is 5.02 Å². The molecule has 276 valence electrons. The van der Waals surface area contributed by atoms with Crippen molar-refractivity contribution < 1.29 is 28.7 Å². The van der Waals surface area contributed by atoms with E-state index in [9.17, 15) is 19.2 Å². The summed E-state index contributed by atoms with van der Waals surface area (Å²) in [6, 6.07) is 20.9. The number of aromatic nitrogens is 1. The Hall–Kier alpha value is -5.03. The van der Waals surface area contributed by atoms with Gasteiger partial charge in [-0.15, -0.1) is 0 Å². The van der Waals surface area contributed by atoms with E-state index in [-0.39, 0.29) is 54.7 Å². The van der Waals surface area contributed by atoms with Crippen molar-refractivity contribution in [2.45, 2.75) is 39.7 Å². The number of hydrogen-bond acceptors (Lipinski definition) is 6. The molecule has 0 aliphatic carbocycles. The Balaban J connectivity index is 0.000000507. The number of likely N-dealkylation sites (N-methyl/N-ethyl adjacent to an activating group) is 1. The van der Waals surface area contributed by atoms with E-state index in [1.807, 2.05) is 13.8 Å². The summed E-state index contributed by atoms with van der Waals surface area (Å²) in [6.07, 6.45) is 4.04. The molecule has 3 atom stereocenters. The van der Waals surface area contributed by atoms with Crippen LogP contribution in [-0.4, -0.2) is 91.4 Å². The molecule has 6 rings (SSSR count). The number of piperidine rings is 1. The van der Waals surface area contributed by atoms with Crippen LogP contribution in [0.1, 0.15) is 53.5 Å². The maximum absolute atomic E-state index is 13.8. The van der Waals surface area contributed by atoms with Crippen LogP contribution in [0.15, 0.2) is 72.9 Å². The molecule has 4 amide bonds. The molecule has 0 saturated carbocycles. The lowest BCUT2D eigenvalue weighted by Crippen LogP contribution is -2.53. The fourth-order valence-electron chi connectivity index (χ4n) is 6.99. The summed E-state index contributed by atoms with van der Waals surface area (Å²) >= 11 is 6.13. The van der Waals surface area contributed by atoms with Crippen LogP contribution in [0.4, 0.5) is 0 Å². The van der Waals surface area contributed by atoms with Gasteiger partial charge in [0.25, 0.3) is 11.8 Å². The summed E-state index contributed by atoms with van der Waals surface area (Å²) in [4.78, 5) is 59.3. The standard InChI is InChI=1S/C31H36ClN5O6.C9H12/c1-17(2)43-26-8-5-18(9-27(26)42-4)30(40)36-13-19-14-37(16-24(23(19)15-36)29(39)35-12-28(38)33-3)31(41)22-11-34-25-10-20(32)6-7-21(22)25;1-2-6-9-7-4-3-5-8-9/h5-11,17,19,23-24,34H,12-16H2,1-4H3,(H,33,38)(H,35,39);3-5,7-8H,2,6H2,1H3. The molecule has 3 N–H and O–H groups in total. The number of carbonyl (C=O) groups excluding carboxylic acids is 4. The highest BCUT2D eigenvalue weighted by molar-refractivity contribution is 6.31. The van der Waals surface area contributed by atoms with E-state index in [2.05, 4.69) is 52.9 Å². The van der Waals surface area contributed by atoms with Gasteiger partial charge in [-0.3, -0.25) is 19.2 Å². The molecule has 1 aromatic heterocycles. The van der Waals surface area contributed by atoms with Crippen LogP contribution in [0, 0.1) is 17.8 Å². The number of fused-ring (bicyclic) bond motifs is 2. The normalized spacial score (nSPS) is 17.9. The average molecular weight is 730 g/mol. The Kier molecular flexibility index (Phi) is 12.8. The van der Waals surface area contributed by atoms with E-state index in [0.717, 1.165) is 10.9 Å². The van der Waals surface area contributed by atoms with Crippen LogP contribution < -0.4 is 20.1 Å². The van der Waals surface area contributed by atoms with Gasteiger partial charge in [0.2, 0.25) is 11.8 Å². The third kappa shape index (κ3) is 9.06. The van der Waals surface area contributed by atoms with E-state index in [0.29, 0.717) is 47.3 Å². The molecule has 4 aromatic rings. The molecule has 3 heterocycles. The first-order chi connectivity index (χ1) is 25.0. The number of benzene rings is 3. The van der Waals surface area contributed by atoms with Crippen molar-refractivity contribution in [1.82, 2.24) is 25.4 Å². The van der Waals surface area contributed by atoms with Crippen molar-refractivity contribution in [2.24, 2.45) is 17.8 Å². The van der Waals surface area contributed by atoms with Gasteiger partial charge in [0, 0.05) is 60.9 Å². The minimum Gasteiger partial charge on any atom is -0.493 e. The van der Waals surface area contributed by atoms with Crippen LogP contribution >= 0.6 is 11.6 Å². The van der Waals surface area contributed by atoms with Crippen LogP contribution in [0.3, 0.4) is 0 Å². The Bertz CT molecular complexity index is 1880. The Morgan fingerprint density at radius 3 is 2.33 bits per heavy atom. The van der Waals surface area contributed by atoms with E-state index < -0.39 is 5.92 Å². The highest BCUT2D eigenvalue weighted by Crippen LogP contribution is 2.38. The molecule has 0 bridgehead atoms. The summed E-state index contributed by atoms with van der Waals surface area (Å²) < 4.78 is 11.3. The van der Waals surface area contributed by atoms with Crippen LogP contribution in [-0.2, 0) is 16.0 Å². The highest BCUT2D eigenvalue weighted by atomic mass is 35.5. The van der Waals surface area contributed by atoms with Crippen LogP contribution in [0.25, 0.3) is 10.9 Å². The third-order valence-corrected chi connectivity index (χ3v) is 9.76. The van der Waals surface area contributed by atoms with Gasteiger partial charge < -0.3 is 34.9 Å². The largest absolute Gasteiger partial charge is 0.493 e. The third-order valence-electron chi connectivity index (χ3n) is 9.52. The number of ether oxygens (including phenoxy) is 2. The topological polar surface area (TPSA) is 133 Å². The molecular weight excluding hydrogens is 682 g/mol. The molecule has 2 fully saturated rings. The van der Waals surface area contributed by atoms with Gasteiger partial charge in [-0.25, -0.2) is 0 Å². The van der Waals surface area contributed by atoms with Crippen molar-refractivity contribution in [3.8, 4) is 11.5 Å². The second kappa shape index (κ2) is 17.5. The lowest BCUT2D eigenvalue weighted by Gasteiger charge is -2.39. The number of hydrogen-bond donors (Lipinski definition) is 3. The minimum atomic E-state index is -0.610. The zero-order chi connectivity index (χ0) is 37.4. The van der Waals surface area contributed by atoms with E-state index >= 15 is 0 Å². The number of H-pyrrole nitrogens is 1. The second-order valence-corrected chi connectivity index (χ2v) is 13.9. The van der Waals surface area contributed by atoms with Crippen LogP contribution in [0.5, 0.6) is 11.5 Å². The fraction of sp³-hybridized carbons (Fsp3) is 0.400. The minimum absolute atomic E-state index is 0.0589. The van der Waals surface area contributed by atoms with Crippen molar-refractivity contribution >= 4 is 46.1 Å². The van der Waals surface area contributed by atoms with Gasteiger partial charge >= 0.3 is 0 Å². The number of aryl methyl sites for hydroxylation is 1. The lowest BCUT2D eigenvalue weighted by atomic mass is 9.79. The predicted octanol–water partition coefficient (Wildman–Crippen LogP) is 5.58. The summed E-state index contributed by atoms with van der Waals surface area (Å²) in [7, 11) is 3.02. The lowest BCUT2D eigenvalue weighted by molar-refractivity contribution is -0.131. The number of methoxy groups -OCH3 is 1. The molecule has 2 saturated heterocycles. The number of aromatic amines is 1. The van der Waals surface area contributed by atoms with Gasteiger partial charge in [-0.05, 0) is 68.0 Å². The van der Waals surface area contributed by atoms with E-state index in [4.69, 9.17) is 21.1 Å². The predicted molar refractivity (Wildman–Crippen MR) is 202 cm³/mol. The smallest absolute Gasteiger partial charge is 0.256 e. The number of nitrogens with zero attached hydrogens (tertiary/aromatic N) is 2. The maximum Gasteiger partial charge on any atom is 0.256 e. The van der Waals surface area contributed by atoms with Gasteiger partial charge in [-0.2, -0.15) is 0 Å². The zero-order valence-electron chi connectivity index (χ0n) is 30.4. The van der Waals surface area contributed by atoms with Gasteiger partial charge in [-0.1, -0.05) is 61.3 Å². The van der Waals surface area contributed by atoms with Crippen molar-refractivity contribution in [1.29, 1.82) is 0 Å². The molecule has 3 aromatic carbocycles. The van der Waals surface area contributed by atoms with Gasteiger partial charge in [0.15, 0.2) is 11.5 Å². The number of amides is 4. The molecule has 12 heteroatoms. The average Bonchev–Trinajstić information content (AvgIpc) is 3.78. The Morgan fingerprint density at radius 2 is 1.65 bits per heavy atom. The Labute approximate surface area is 310 Å². The number of nitrogens with one attached hydrogen (secondary N) is 3. The fourth-order valence-corrected chi connectivity index (χ4v) is 7.16. The molecule has 11 nitrogen and oxygen atoms in total. The van der Waals surface area contributed by atoms with Gasteiger partial charge in [0.1, 0.15) is 0 Å². The summed E-state index contributed by atoms with van der Waals surface area (Å²) in [5.41, 5.74) is 3.11. The van der Waals surface area contributed by atoms with Crippen molar-refractivity contribution in [2.75, 3.05) is 46.9 Å².